The van der Waals surface area contributed by atoms with E-state index in [-0.39, 0.29) is 5.91 Å². The lowest BCUT2D eigenvalue weighted by Gasteiger charge is -2.26. The molecule has 0 fully saturated rings. The summed E-state index contributed by atoms with van der Waals surface area (Å²) in [6, 6.07) is 16.3. The fourth-order valence-corrected chi connectivity index (χ4v) is 3.86. The van der Waals surface area contributed by atoms with Crippen LogP contribution in [-0.2, 0) is 11.2 Å². The highest BCUT2D eigenvalue weighted by atomic mass is 79.9. The van der Waals surface area contributed by atoms with Gasteiger partial charge in [-0.1, -0.05) is 52.3 Å². The molecule has 126 valence electrons. The highest BCUT2D eigenvalue weighted by Gasteiger charge is 2.19. The number of hydrogen-bond acceptors (Lipinski definition) is 1. The number of amides is 1. The van der Waals surface area contributed by atoms with Gasteiger partial charge < -0.3 is 9.88 Å². The number of nitrogens with one attached hydrogen (secondary N) is 1. The van der Waals surface area contributed by atoms with Crippen LogP contribution in [0.15, 0.2) is 65.3 Å². The Bertz CT molecular complexity index is 957. The molecule has 1 aliphatic heterocycles. The summed E-state index contributed by atoms with van der Waals surface area (Å²) >= 11 is 3.46. The molecule has 0 bridgehead atoms. The summed E-state index contributed by atoms with van der Waals surface area (Å²) < 4.78 is 1.01. The molecule has 0 spiro atoms. The number of fused-ring (bicyclic) bond motifs is 1. The van der Waals surface area contributed by atoms with Crippen molar-refractivity contribution in [2.24, 2.45) is 0 Å². The van der Waals surface area contributed by atoms with Gasteiger partial charge in [0.05, 0.1) is 6.42 Å². The van der Waals surface area contributed by atoms with Crippen LogP contribution < -0.4 is 0 Å². The second kappa shape index (κ2) is 6.89. The lowest BCUT2D eigenvalue weighted by Crippen LogP contribution is -2.35. The molecule has 0 aliphatic carbocycles. The third-order valence-corrected chi connectivity index (χ3v) is 5.23. The maximum atomic E-state index is 12.6. The van der Waals surface area contributed by atoms with E-state index in [9.17, 15) is 4.79 Å². The average molecular weight is 395 g/mol. The van der Waals surface area contributed by atoms with E-state index in [0.29, 0.717) is 13.0 Å². The lowest BCUT2D eigenvalue weighted by atomic mass is 9.98. The monoisotopic (exact) mass is 394 g/mol. The molecule has 1 aliphatic rings. The fourth-order valence-electron chi connectivity index (χ4n) is 3.41. The van der Waals surface area contributed by atoms with Gasteiger partial charge in [0.15, 0.2) is 0 Å². The van der Waals surface area contributed by atoms with Crippen molar-refractivity contribution in [3.05, 3.63) is 76.4 Å². The molecular weight excluding hydrogens is 376 g/mol. The van der Waals surface area contributed by atoms with E-state index < -0.39 is 0 Å². The minimum atomic E-state index is 0.187. The number of carbonyl (C=O) groups is 1. The number of rotatable bonds is 3. The first-order valence-corrected chi connectivity index (χ1v) is 9.28. The molecule has 1 aromatic heterocycles. The Morgan fingerprint density at radius 1 is 1.16 bits per heavy atom. The van der Waals surface area contributed by atoms with Crippen LogP contribution in [-0.4, -0.2) is 28.9 Å². The van der Waals surface area contributed by atoms with E-state index in [1.165, 1.54) is 16.5 Å². The van der Waals surface area contributed by atoms with Crippen molar-refractivity contribution in [1.82, 2.24) is 9.88 Å². The molecule has 4 heteroatoms. The minimum absolute atomic E-state index is 0.187. The second-order valence-electron chi connectivity index (χ2n) is 6.37. The molecule has 3 aromatic rings. The third kappa shape index (κ3) is 3.40. The van der Waals surface area contributed by atoms with Crippen molar-refractivity contribution in [3.8, 4) is 0 Å². The molecule has 1 amide bonds. The van der Waals surface area contributed by atoms with Gasteiger partial charge >= 0.3 is 0 Å². The standard InChI is InChI=1S/C21H19BrN2O/c22-17-5-3-4-15(12-17)13-21(25)24-10-8-16(9-11-24)19-14-23-20-7-2-1-6-18(19)20/h1-8,12,14,23H,9-11,13H2. The van der Waals surface area contributed by atoms with Crippen LogP contribution in [0.1, 0.15) is 17.5 Å². The van der Waals surface area contributed by atoms with E-state index in [1.807, 2.05) is 35.2 Å². The largest absolute Gasteiger partial charge is 0.361 e. The summed E-state index contributed by atoms with van der Waals surface area (Å²) in [4.78, 5) is 17.8. The van der Waals surface area contributed by atoms with Gasteiger partial charge in [0.2, 0.25) is 5.91 Å². The molecule has 4 rings (SSSR count). The molecule has 2 aromatic carbocycles. The van der Waals surface area contributed by atoms with Crippen LogP contribution in [0.3, 0.4) is 0 Å². The number of benzene rings is 2. The van der Waals surface area contributed by atoms with Gasteiger partial charge in [-0.25, -0.2) is 0 Å². The Morgan fingerprint density at radius 3 is 2.84 bits per heavy atom. The topological polar surface area (TPSA) is 36.1 Å². The van der Waals surface area contributed by atoms with Crippen molar-refractivity contribution in [3.63, 3.8) is 0 Å². The predicted molar refractivity (Wildman–Crippen MR) is 105 cm³/mol. The quantitative estimate of drug-likeness (QED) is 0.680. The molecule has 2 heterocycles. The maximum absolute atomic E-state index is 12.6. The van der Waals surface area contributed by atoms with E-state index in [2.05, 4.69) is 51.4 Å². The van der Waals surface area contributed by atoms with Crippen LogP contribution in [0.4, 0.5) is 0 Å². The maximum Gasteiger partial charge on any atom is 0.227 e. The summed E-state index contributed by atoms with van der Waals surface area (Å²) in [6.45, 7) is 1.46. The third-order valence-electron chi connectivity index (χ3n) is 4.74. The normalized spacial score (nSPS) is 14.6. The molecule has 3 nitrogen and oxygen atoms in total. The van der Waals surface area contributed by atoms with Gasteiger partial charge in [-0.3, -0.25) is 4.79 Å². The number of para-hydroxylation sites is 1. The molecule has 0 radical (unpaired) electrons. The Labute approximate surface area is 155 Å². The Morgan fingerprint density at radius 2 is 2.04 bits per heavy atom. The van der Waals surface area contributed by atoms with Crippen molar-refractivity contribution in [2.75, 3.05) is 13.1 Å². The van der Waals surface area contributed by atoms with Crippen LogP contribution in [0.5, 0.6) is 0 Å². The van der Waals surface area contributed by atoms with Crippen LogP contribution >= 0.6 is 15.9 Å². The zero-order valence-electron chi connectivity index (χ0n) is 13.8. The van der Waals surface area contributed by atoms with Gasteiger partial charge in [-0.2, -0.15) is 0 Å². The Balaban J connectivity index is 1.47. The van der Waals surface area contributed by atoms with Gasteiger partial charge in [0, 0.05) is 40.2 Å². The van der Waals surface area contributed by atoms with Crippen molar-refractivity contribution in [2.45, 2.75) is 12.8 Å². The van der Waals surface area contributed by atoms with Gasteiger partial charge in [-0.15, -0.1) is 0 Å². The van der Waals surface area contributed by atoms with Gasteiger partial charge in [-0.05, 0) is 35.8 Å². The second-order valence-corrected chi connectivity index (χ2v) is 7.29. The number of aromatic amines is 1. The Hall–Kier alpha value is -2.33. The highest BCUT2D eigenvalue weighted by Crippen LogP contribution is 2.29. The van der Waals surface area contributed by atoms with Crippen LogP contribution in [0.2, 0.25) is 0 Å². The molecular formula is C21H19BrN2O. The SMILES string of the molecule is O=C(Cc1cccc(Br)c1)N1CC=C(c2c[nH]c3ccccc23)CC1. The first kappa shape index (κ1) is 16.2. The van der Waals surface area contributed by atoms with Crippen molar-refractivity contribution < 1.29 is 4.79 Å². The molecule has 0 saturated heterocycles. The zero-order chi connectivity index (χ0) is 17.2. The molecule has 0 atom stereocenters. The van der Waals surface area contributed by atoms with Crippen molar-refractivity contribution >= 4 is 38.3 Å². The van der Waals surface area contributed by atoms with Crippen LogP contribution in [0.25, 0.3) is 16.5 Å². The summed E-state index contributed by atoms with van der Waals surface area (Å²) in [7, 11) is 0. The number of halogens is 1. The first-order valence-electron chi connectivity index (χ1n) is 8.48. The first-order chi connectivity index (χ1) is 12.2. The highest BCUT2D eigenvalue weighted by molar-refractivity contribution is 9.10. The number of H-pyrrole nitrogens is 1. The summed E-state index contributed by atoms with van der Waals surface area (Å²) in [5, 5.41) is 1.25. The number of nitrogens with zero attached hydrogens (tertiary/aromatic N) is 1. The Kier molecular flexibility index (Phi) is 4.45. The number of carbonyl (C=O) groups excluding carboxylic acids is 1. The van der Waals surface area contributed by atoms with Gasteiger partial charge in [0.1, 0.15) is 0 Å². The number of aromatic nitrogens is 1. The van der Waals surface area contributed by atoms with E-state index in [1.54, 1.807) is 0 Å². The molecule has 25 heavy (non-hydrogen) atoms. The van der Waals surface area contributed by atoms with Crippen LogP contribution in [0, 0.1) is 0 Å². The number of hydrogen-bond donors (Lipinski definition) is 1. The fraction of sp³-hybridized carbons (Fsp3) is 0.190. The van der Waals surface area contributed by atoms with Crippen molar-refractivity contribution in [1.29, 1.82) is 0 Å². The van der Waals surface area contributed by atoms with Gasteiger partial charge in [0.25, 0.3) is 0 Å². The average Bonchev–Trinajstić information content (AvgIpc) is 3.06. The molecule has 0 unspecified atom stereocenters. The summed E-state index contributed by atoms with van der Waals surface area (Å²) in [5.74, 6) is 0.187. The molecule has 0 saturated carbocycles. The lowest BCUT2D eigenvalue weighted by molar-refractivity contribution is -0.130. The smallest absolute Gasteiger partial charge is 0.227 e. The predicted octanol–water partition coefficient (Wildman–Crippen LogP) is 4.79. The van der Waals surface area contributed by atoms with E-state index in [0.717, 1.165) is 28.5 Å². The molecule has 1 N–H and O–H groups in total. The summed E-state index contributed by atoms with van der Waals surface area (Å²) in [5.41, 5.74) is 4.79. The van der Waals surface area contributed by atoms with E-state index >= 15 is 0 Å². The minimum Gasteiger partial charge on any atom is -0.361 e. The van der Waals surface area contributed by atoms with E-state index in [4.69, 9.17) is 0 Å². The summed E-state index contributed by atoms with van der Waals surface area (Å²) in [6.07, 6.45) is 5.62. The zero-order valence-corrected chi connectivity index (χ0v) is 15.4.